The number of aliphatic carboxylic acids is 1. The summed E-state index contributed by atoms with van der Waals surface area (Å²) in [6.45, 7) is 0.202. The van der Waals surface area contributed by atoms with Gasteiger partial charge in [0.05, 0.1) is 18.1 Å². The van der Waals surface area contributed by atoms with Gasteiger partial charge in [0.1, 0.15) is 11.3 Å². The zero-order valence-corrected chi connectivity index (χ0v) is 19.6. The van der Waals surface area contributed by atoms with Gasteiger partial charge in [-0.15, -0.1) is 16.4 Å². The molecule has 36 heavy (non-hydrogen) atoms. The van der Waals surface area contributed by atoms with E-state index >= 15 is 0 Å². The third kappa shape index (κ3) is 6.05. The van der Waals surface area contributed by atoms with Crippen LogP contribution in [0.4, 0.5) is 13.2 Å². The number of thiophene rings is 1. The molecule has 3 aromatic heterocycles. The number of carboxylic acid groups (broad SMARTS) is 1. The van der Waals surface area contributed by atoms with E-state index in [0.717, 1.165) is 16.7 Å². The standard InChI is InChI=1S/C21H17N3O4S.C2HF3O2/c1-24-20(25)17-16(14-6-8-22-9-7-14)12-29-18(17)19(23-24)28-11-13-4-3-5-15(10-13)21(26)27-2;3-2(4,5)1(6)7/h3-10,12H,11H2,1-2H3;(H,6,7). The molecule has 0 bridgehead atoms. The topological polar surface area (TPSA) is 121 Å². The molecule has 0 radical (unpaired) electrons. The number of hydrogen-bond donors (Lipinski definition) is 1. The Hall–Kier alpha value is -4.26. The van der Waals surface area contributed by atoms with E-state index in [1.165, 1.54) is 23.1 Å². The minimum atomic E-state index is -5.08. The van der Waals surface area contributed by atoms with Crippen molar-refractivity contribution in [1.29, 1.82) is 0 Å². The summed E-state index contributed by atoms with van der Waals surface area (Å²) in [5.41, 5.74) is 2.79. The number of fused-ring (bicyclic) bond motifs is 1. The fourth-order valence-electron chi connectivity index (χ4n) is 3.01. The van der Waals surface area contributed by atoms with E-state index in [1.54, 1.807) is 37.6 Å². The summed E-state index contributed by atoms with van der Waals surface area (Å²) < 4.78 is 44.4. The van der Waals surface area contributed by atoms with E-state index in [2.05, 4.69) is 10.1 Å². The lowest BCUT2D eigenvalue weighted by molar-refractivity contribution is -0.192. The second kappa shape index (κ2) is 11.0. The smallest absolute Gasteiger partial charge is 0.475 e. The predicted molar refractivity (Wildman–Crippen MR) is 124 cm³/mol. The first-order valence-electron chi connectivity index (χ1n) is 10.0. The highest BCUT2D eigenvalue weighted by Crippen LogP contribution is 2.35. The number of methoxy groups -OCH3 is 1. The molecule has 0 saturated heterocycles. The highest BCUT2D eigenvalue weighted by molar-refractivity contribution is 7.18. The van der Waals surface area contributed by atoms with E-state index in [-0.39, 0.29) is 12.2 Å². The SMILES string of the molecule is COC(=O)c1cccc(COc2nn(C)c(=O)c3c(-c4ccncc4)csc23)c1.O=C(O)C(F)(F)F. The lowest BCUT2D eigenvalue weighted by Crippen LogP contribution is -2.21. The highest BCUT2D eigenvalue weighted by atomic mass is 32.1. The van der Waals surface area contributed by atoms with E-state index < -0.39 is 18.1 Å². The summed E-state index contributed by atoms with van der Waals surface area (Å²) in [6, 6.07) is 10.7. The summed E-state index contributed by atoms with van der Waals surface area (Å²) >= 11 is 1.41. The maximum Gasteiger partial charge on any atom is 0.490 e. The number of benzene rings is 1. The molecular formula is C23H18F3N3O6S. The number of carbonyl (C=O) groups is 2. The molecule has 188 valence electrons. The van der Waals surface area contributed by atoms with Crippen LogP contribution in [0.5, 0.6) is 5.88 Å². The number of ether oxygens (including phenoxy) is 2. The Morgan fingerprint density at radius 3 is 2.44 bits per heavy atom. The first-order chi connectivity index (χ1) is 17.0. The fraction of sp³-hybridized carbons (Fsp3) is 0.174. The average molecular weight is 521 g/mol. The quantitative estimate of drug-likeness (QED) is 0.391. The minimum Gasteiger partial charge on any atom is -0.475 e. The summed E-state index contributed by atoms with van der Waals surface area (Å²) in [5, 5.41) is 13.9. The molecular weight excluding hydrogens is 503 g/mol. The molecule has 4 aromatic rings. The van der Waals surface area contributed by atoms with Crippen molar-refractivity contribution < 1.29 is 37.3 Å². The first kappa shape index (κ1) is 26.3. The number of esters is 1. The number of hydrogen-bond acceptors (Lipinski definition) is 8. The molecule has 0 aliphatic heterocycles. The van der Waals surface area contributed by atoms with Crippen molar-refractivity contribution in [2.24, 2.45) is 7.05 Å². The van der Waals surface area contributed by atoms with Gasteiger partial charge < -0.3 is 14.6 Å². The van der Waals surface area contributed by atoms with Crippen LogP contribution in [0.3, 0.4) is 0 Å². The van der Waals surface area contributed by atoms with E-state index in [4.69, 9.17) is 19.4 Å². The molecule has 0 fully saturated rings. The van der Waals surface area contributed by atoms with Gasteiger partial charge >= 0.3 is 18.1 Å². The second-order valence-electron chi connectivity index (χ2n) is 7.11. The molecule has 0 saturated carbocycles. The summed E-state index contributed by atoms with van der Waals surface area (Å²) in [5.74, 6) is -2.79. The molecule has 3 heterocycles. The van der Waals surface area contributed by atoms with E-state index in [0.29, 0.717) is 21.5 Å². The van der Waals surface area contributed by atoms with E-state index in [9.17, 15) is 22.8 Å². The Bertz CT molecular complexity index is 1450. The highest BCUT2D eigenvalue weighted by Gasteiger charge is 2.38. The molecule has 4 rings (SSSR count). The summed E-state index contributed by atoms with van der Waals surface area (Å²) in [4.78, 5) is 37.4. The Kier molecular flexibility index (Phi) is 8.04. The number of halogens is 3. The Balaban J connectivity index is 0.000000454. The van der Waals surface area contributed by atoms with Crippen molar-refractivity contribution in [1.82, 2.24) is 14.8 Å². The molecule has 1 aromatic carbocycles. The molecule has 0 amide bonds. The molecule has 13 heteroatoms. The number of aromatic nitrogens is 3. The van der Waals surface area contributed by atoms with Crippen LogP contribution in [0.15, 0.2) is 59.0 Å². The van der Waals surface area contributed by atoms with Crippen LogP contribution in [0.1, 0.15) is 15.9 Å². The number of carbonyl (C=O) groups excluding carboxylic acids is 1. The summed E-state index contributed by atoms with van der Waals surface area (Å²) in [7, 11) is 2.94. The number of alkyl halides is 3. The third-order valence-electron chi connectivity index (χ3n) is 4.69. The Labute approximate surface area is 205 Å². The molecule has 0 aliphatic carbocycles. The van der Waals surface area contributed by atoms with Crippen LogP contribution in [-0.2, 0) is 23.2 Å². The van der Waals surface area contributed by atoms with Gasteiger partial charge in [-0.2, -0.15) is 13.2 Å². The number of pyridine rings is 1. The molecule has 0 spiro atoms. The van der Waals surface area contributed by atoms with Crippen LogP contribution in [0, 0.1) is 0 Å². The second-order valence-corrected chi connectivity index (χ2v) is 7.99. The van der Waals surface area contributed by atoms with Gasteiger partial charge in [0.2, 0.25) is 5.88 Å². The van der Waals surface area contributed by atoms with Crippen LogP contribution < -0.4 is 10.3 Å². The van der Waals surface area contributed by atoms with Gasteiger partial charge in [-0.25, -0.2) is 14.3 Å². The van der Waals surface area contributed by atoms with Gasteiger partial charge in [-0.1, -0.05) is 12.1 Å². The lowest BCUT2D eigenvalue weighted by Gasteiger charge is -2.09. The van der Waals surface area contributed by atoms with Crippen molar-refractivity contribution >= 4 is 33.4 Å². The van der Waals surface area contributed by atoms with Crippen molar-refractivity contribution in [2.45, 2.75) is 12.8 Å². The Morgan fingerprint density at radius 1 is 1.17 bits per heavy atom. The minimum absolute atomic E-state index is 0.187. The number of rotatable bonds is 5. The average Bonchev–Trinajstić information content (AvgIpc) is 3.31. The zero-order chi connectivity index (χ0) is 26.5. The first-order valence-corrected chi connectivity index (χ1v) is 10.9. The van der Waals surface area contributed by atoms with Crippen LogP contribution >= 0.6 is 11.3 Å². The lowest BCUT2D eigenvalue weighted by atomic mass is 10.1. The predicted octanol–water partition coefficient (Wildman–Crippen LogP) is 4.06. The number of nitrogens with zero attached hydrogens (tertiary/aromatic N) is 3. The fourth-order valence-corrected chi connectivity index (χ4v) is 4.02. The summed E-state index contributed by atoms with van der Waals surface area (Å²) in [6.07, 6.45) is -1.70. The molecule has 0 aliphatic rings. The van der Waals surface area contributed by atoms with Gasteiger partial charge in [-0.3, -0.25) is 9.78 Å². The van der Waals surface area contributed by atoms with Crippen molar-refractivity contribution in [3.63, 3.8) is 0 Å². The molecule has 0 atom stereocenters. The third-order valence-corrected chi connectivity index (χ3v) is 5.66. The largest absolute Gasteiger partial charge is 0.490 e. The number of carboxylic acids is 1. The normalized spacial score (nSPS) is 10.9. The zero-order valence-electron chi connectivity index (χ0n) is 18.8. The monoisotopic (exact) mass is 521 g/mol. The van der Waals surface area contributed by atoms with Gasteiger partial charge in [0.15, 0.2) is 0 Å². The van der Waals surface area contributed by atoms with Gasteiger partial charge in [0.25, 0.3) is 5.56 Å². The maximum atomic E-state index is 12.7. The number of aryl methyl sites for hydroxylation is 1. The molecule has 0 unspecified atom stereocenters. The van der Waals surface area contributed by atoms with Crippen molar-refractivity contribution in [3.05, 3.63) is 75.7 Å². The van der Waals surface area contributed by atoms with Crippen LogP contribution in [-0.4, -0.2) is 45.1 Å². The maximum absolute atomic E-state index is 12.7. The van der Waals surface area contributed by atoms with Crippen molar-refractivity contribution in [2.75, 3.05) is 7.11 Å². The van der Waals surface area contributed by atoms with Gasteiger partial charge in [0, 0.05) is 30.4 Å². The van der Waals surface area contributed by atoms with Gasteiger partial charge in [-0.05, 0) is 35.4 Å². The molecule has 9 nitrogen and oxygen atoms in total. The van der Waals surface area contributed by atoms with Crippen LogP contribution in [0.25, 0.3) is 21.2 Å². The van der Waals surface area contributed by atoms with E-state index in [1.807, 2.05) is 23.6 Å². The Morgan fingerprint density at radius 2 is 1.83 bits per heavy atom. The van der Waals surface area contributed by atoms with Crippen LogP contribution in [0.2, 0.25) is 0 Å². The molecule has 1 N–H and O–H groups in total. The van der Waals surface area contributed by atoms with Crippen molar-refractivity contribution in [3.8, 4) is 17.0 Å².